The van der Waals surface area contributed by atoms with Gasteiger partial charge in [0, 0.05) is 12.6 Å². The van der Waals surface area contributed by atoms with Crippen molar-refractivity contribution in [3.8, 4) is 0 Å². The first-order valence-corrected chi connectivity index (χ1v) is 6.23. The molecule has 0 spiro atoms. The van der Waals surface area contributed by atoms with E-state index in [-0.39, 0.29) is 0 Å². The van der Waals surface area contributed by atoms with Crippen LogP contribution in [0.5, 0.6) is 0 Å². The predicted octanol–water partition coefficient (Wildman–Crippen LogP) is 2.72. The highest BCUT2D eigenvalue weighted by atomic mass is 16.5. The lowest BCUT2D eigenvalue weighted by Crippen LogP contribution is -2.42. The topological polar surface area (TPSA) is 21.3 Å². The Morgan fingerprint density at radius 2 is 1.79 bits per heavy atom. The van der Waals surface area contributed by atoms with Crippen molar-refractivity contribution >= 4 is 0 Å². The van der Waals surface area contributed by atoms with Crippen LogP contribution in [0, 0.1) is 0 Å². The predicted molar refractivity (Wildman–Crippen MR) is 60.6 cm³/mol. The van der Waals surface area contributed by atoms with Crippen LogP contribution in [0.2, 0.25) is 0 Å². The molecule has 0 heterocycles. The molecule has 0 aromatic rings. The lowest BCUT2D eigenvalue weighted by molar-refractivity contribution is 0.0213. The first-order chi connectivity index (χ1) is 6.88. The molecule has 1 N–H and O–H groups in total. The maximum Gasteiger partial charge on any atom is 0.0727 e. The third-order valence-corrected chi connectivity index (χ3v) is 3.05. The molecule has 0 unspecified atom stereocenters. The summed E-state index contributed by atoms with van der Waals surface area (Å²) in [5, 5.41) is 3.56. The number of likely N-dealkylation sites (N-methyl/N-ethyl adjacent to an activating group) is 1. The van der Waals surface area contributed by atoms with Crippen LogP contribution in [0.25, 0.3) is 0 Å². The third-order valence-electron chi connectivity index (χ3n) is 3.05. The number of hydrogen-bond acceptors (Lipinski definition) is 2. The smallest absolute Gasteiger partial charge is 0.0727 e. The van der Waals surface area contributed by atoms with E-state index >= 15 is 0 Å². The van der Waals surface area contributed by atoms with Crippen molar-refractivity contribution in [2.75, 3.05) is 13.2 Å². The summed E-state index contributed by atoms with van der Waals surface area (Å²) in [7, 11) is 0. The van der Waals surface area contributed by atoms with Crippen LogP contribution in [0.4, 0.5) is 0 Å². The fraction of sp³-hybridized carbons (Fsp3) is 1.00. The molecule has 1 rings (SSSR count). The summed E-state index contributed by atoms with van der Waals surface area (Å²) in [5.74, 6) is 0. The average Bonchev–Trinajstić information content (AvgIpc) is 2.16. The van der Waals surface area contributed by atoms with Crippen LogP contribution in [-0.4, -0.2) is 25.3 Å². The van der Waals surface area contributed by atoms with Gasteiger partial charge in [0.25, 0.3) is 0 Å². The van der Waals surface area contributed by atoms with Gasteiger partial charge in [0.15, 0.2) is 0 Å². The second-order valence-corrected chi connectivity index (χ2v) is 4.15. The van der Waals surface area contributed by atoms with Crippen LogP contribution in [0.15, 0.2) is 0 Å². The van der Waals surface area contributed by atoms with Crippen molar-refractivity contribution in [1.29, 1.82) is 0 Å². The van der Waals surface area contributed by atoms with Crippen LogP contribution >= 0.6 is 0 Å². The van der Waals surface area contributed by atoms with Crippen molar-refractivity contribution in [3.63, 3.8) is 0 Å². The Bertz CT molecular complexity index is 122. The number of ether oxygens (including phenoxy) is 1. The van der Waals surface area contributed by atoms with Gasteiger partial charge in [-0.05, 0) is 26.3 Å². The molecule has 1 aliphatic carbocycles. The fourth-order valence-corrected chi connectivity index (χ4v) is 2.36. The van der Waals surface area contributed by atoms with Crippen LogP contribution in [0.3, 0.4) is 0 Å². The van der Waals surface area contributed by atoms with Gasteiger partial charge in [0.1, 0.15) is 0 Å². The molecule has 0 aliphatic heterocycles. The van der Waals surface area contributed by atoms with E-state index in [2.05, 4.69) is 19.2 Å². The van der Waals surface area contributed by atoms with Gasteiger partial charge in [-0.25, -0.2) is 0 Å². The van der Waals surface area contributed by atoms with Crippen molar-refractivity contribution in [1.82, 2.24) is 5.32 Å². The minimum Gasteiger partial charge on any atom is -0.377 e. The van der Waals surface area contributed by atoms with Crippen LogP contribution < -0.4 is 5.32 Å². The monoisotopic (exact) mass is 199 g/mol. The Balaban J connectivity index is 2.42. The fourth-order valence-electron chi connectivity index (χ4n) is 2.36. The summed E-state index contributed by atoms with van der Waals surface area (Å²) < 4.78 is 5.82. The minimum absolute atomic E-state index is 0.459. The molecule has 1 aliphatic rings. The molecule has 14 heavy (non-hydrogen) atoms. The summed E-state index contributed by atoms with van der Waals surface area (Å²) in [6.45, 7) is 6.20. The molecule has 2 atom stereocenters. The van der Waals surface area contributed by atoms with E-state index in [1.54, 1.807) is 0 Å². The molecule has 2 heteroatoms. The summed E-state index contributed by atoms with van der Waals surface area (Å²) >= 11 is 0. The largest absolute Gasteiger partial charge is 0.377 e. The maximum absolute atomic E-state index is 5.82. The molecule has 0 bridgehead atoms. The van der Waals surface area contributed by atoms with E-state index in [0.29, 0.717) is 12.1 Å². The highest BCUT2D eigenvalue weighted by Gasteiger charge is 2.21. The Morgan fingerprint density at radius 3 is 2.43 bits per heavy atom. The highest BCUT2D eigenvalue weighted by molar-refractivity contribution is 4.78. The van der Waals surface area contributed by atoms with Gasteiger partial charge >= 0.3 is 0 Å². The standard InChI is InChI=1S/C12H25NO/c1-3-13-11-9-7-5-6-8-10-12(11)14-4-2/h11-13H,3-10H2,1-2H3/t11-,12+/m1/s1. The molecule has 1 fully saturated rings. The summed E-state index contributed by atoms with van der Waals surface area (Å²) in [5.41, 5.74) is 0. The summed E-state index contributed by atoms with van der Waals surface area (Å²) in [4.78, 5) is 0. The zero-order chi connectivity index (χ0) is 10.2. The number of rotatable bonds is 4. The average molecular weight is 199 g/mol. The molecule has 0 aromatic heterocycles. The van der Waals surface area contributed by atoms with Gasteiger partial charge in [-0.2, -0.15) is 0 Å². The van der Waals surface area contributed by atoms with E-state index in [4.69, 9.17) is 4.74 Å². The highest BCUT2D eigenvalue weighted by Crippen LogP contribution is 2.20. The maximum atomic E-state index is 5.82. The number of nitrogens with one attached hydrogen (secondary N) is 1. The first-order valence-electron chi connectivity index (χ1n) is 6.23. The Hall–Kier alpha value is -0.0800. The molecule has 1 saturated carbocycles. The molecular formula is C12H25NO. The molecule has 0 radical (unpaired) electrons. The van der Waals surface area contributed by atoms with E-state index in [1.807, 2.05) is 0 Å². The van der Waals surface area contributed by atoms with E-state index in [1.165, 1.54) is 38.5 Å². The van der Waals surface area contributed by atoms with Crippen molar-refractivity contribution < 1.29 is 4.74 Å². The van der Waals surface area contributed by atoms with Crippen molar-refractivity contribution in [3.05, 3.63) is 0 Å². The lowest BCUT2D eigenvalue weighted by atomic mass is 9.94. The molecular weight excluding hydrogens is 174 g/mol. The molecule has 0 saturated heterocycles. The van der Waals surface area contributed by atoms with Gasteiger partial charge in [-0.1, -0.05) is 32.6 Å². The van der Waals surface area contributed by atoms with Crippen molar-refractivity contribution in [2.24, 2.45) is 0 Å². The minimum atomic E-state index is 0.459. The normalized spacial score (nSPS) is 29.6. The molecule has 0 amide bonds. The third kappa shape index (κ3) is 3.97. The zero-order valence-corrected chi connectivity index (χ0v) is 9.72. The van der Waals surface area contributed by atoms with Crippen LogP contribution in [0.1, 0.15) is 52.4 Å². The van der Waals surface area contributed by atoms with Gasteiger partial charge in [-0.3, -0.25) is 0 Å². The molecule has 2 nitrogen and oxygen atoms in total. The first kappa shape index (κ1) is 12.0. The van der Waals surface area contributed by atoms with Gasteiger partial charge in [-0.15, -0.1) is 0 Å². The van der Waals surface area contributed by atoms with Gasteiger partial charge in [0.2, 0.25) is 0 Å². The SMILES string of the molecule is CCN[C@@H]1CCCCCC[C@@H]1OCC. The van der Waals surface area contributed by atoms with Gasteiger partial charge < -0.3 is 10.1 Å². The number of hydrogen-bond donors (Lipinski definition) is 1. The van der Waals surface area contributed by atoms with Crippen LogP contribution in [-0.2, 0) is 4.74 Å². The summed E-state index contributed by atoms with van der Waals surface area (Å²) in [6, 6.07) is 0.597. The second-order valence-electron chi connectivity index (χ2n) is 4.15. The van der Waals surface area contributed by atoms with Gasteiger partial charge in [0.05, 0.1) is 6.10 Å². The van der Waals surface area contributed by atoms with E-state index < -0.39 is 0 Å². The quantitative estimate of drug-likeness (QED) is 0.751. The lowest BCUT2D eigenvalue weighted by Gasteiger charge is -2.29. The van der Waals surface area contributed by atoms with Crippen molar-refractivity contribution in [2.45, 2.75) is 64.5 Å². The second kappa shape index (κ2) is 7.24. The Labute approximate surface area is 88.4 Å². The Kier molecular flexibility index (Phi) is 6.20. The van der Waals surface area contributed by atoms with E-state index in [9.17, 15) is 0 Å². The summed E-state index contributed by atoms with van der Waals surface area (Å²) in [6.07, 6.45) is 8.49. The molecule has 0 aromatic carbocycles. The Morgan fingerprint density at radius 1 is 1.07 bits per heavy atom. The molecule has 84 valence electrons. The van der Waals surface area contributed by atoms with E-state index in [0.717, 1.165) is 13.2 Å². The zero-order valence-electron chi connectivity index (χ0n) is 9.72.